The predicted molar refractivity (Wildman–Crippen MR) is 103 cm³/mol. The van der Waals surface area contributed by atoms with E-state index in [0.717, 1.165) is 13.0 Å². The van der Waals surface area contributed by atoms with Gasteiger partial charge in [-0.3, -0.25) is 0 Å². The first-order valence-electron chi connectivity index (χ1n) is 8.36. The number of nitrogens with one attached hydrogen (secondary N) is 1. The molecule has 0 radical (unpaired) electrons. The van der Waals surface area contributed by atoms with Gasteiger partial charge in [-0.1, -0.05) is 89.5 Å². The molecule has 0 amide bonds. The first-order valence-corrected chi connectivity index (χ1v) is 11.4. The highest BCUT2D eigenvalue weighted by atomic mass is 28.3. The first kappa shape index (κ1) is 18.9. The Morgan fingerprint density at radius 3 is 2.27 bits per heavy atom. The van der Waals surface area contributed by atoms with Gasteiger partial charge in [0.2, 0.25) is 0 Å². The van der Waals surface area contributed by atoms with Crippen LogP contribution in [0.4, 0.5) is 0 Å². The number of rotatable bonds is 7. The van der Waals surface area contributed by atoms with E-state index in [0.29, 0.717) is 5.04 Å². The molecule has 0 fully saturated rings. The first-order chi connectivity index (χ1) is 10.2. The molecule has 0 aromatic heterocycles. The van der Waals surface area contributed by atoms with Crippen LogP contribution in [0.1, 0.15) is 45.7 Å². The second kappa shape index (κ2) is 7.93. The van der Waals surface area contributed by atoms with E-state index in [2.05, 4.69) is 88.7 Å². The van der Waals surface area contributed by atoms with Crippen LogP contribution in [-0.2, 0) is 0 Å². The van der Waals surface area contributed by atoms with Gasteiger partial charge >= 0.3 is 0 Å². The summed E-state index contributed by atoms with van der Waals surface area (Å²) in [6, 6.07) is 11.0. The predicted octanol–water partition coefficient (Wildman–Crippen LogP) is 5.89. The Hall–Kier alpha value is -1.12. The third kappa shape index (κ3) is 4.96. The fraction of sp³-hybridized carbons (Fsp3) is 0.500. The lowest BCUT2D eigenvalue weighted by Gasteiger charge is -2.36. The molecule has 1 nitrogen and oxygen atoms in total. The van der Waals surface area contributed by atoms with E-state index in [4.69, 9.17) is 0 Å². The Balaban J connectivity index is 3.23. The SMILES string of the molecule is C=C/C(=C\[Si](C)(C)C(C)(C)C)C(NCCC)c1ccccc1. The van der Waals surface area contributed by atoms with E-state index in [-0.39, 0.29) is 6.04 Å². The molecule has 1 unspecified atom stereocenters. The minimum Gasteiger partial charge on any atom is -0.306 e. The Morgan fingerprint density at radius 2 is 1.82 bits per heavy atom. The molecule has 0 saturated heterocycles. The second-order valence-electron chi connectivity index (χ2n) is 7.62. The molecule has 1 rings (SSSR count). The summed E-state index contributed by atoms with van der Waals surface area (Å²) in [4.78, 5) is 0. The van der Waals surface area contributed by atoms with E-state index in [9.17, 15) is 0 Å². The minimum atomic E-state index is -1.50. The molecule has 1 aromatic carbocycles. The van der Waals surface area contributed by atoms with Crippen LogP contribution in [0.5, 0.6) is 0 Å². The van der Waals surface area contributed by atoms with Crippen LogP contribution in [0.2, 0.25) is 18.1 Å². The molecule has 0 spiro atoms. The largest absolute Gasteiger partial charge is 0.306 e. The Kier molecular flexibility index (Phi) is 6.83. The normalized spacial score (nSPS) is 14.7. The van der Waals surface area contributed by atoms with Gasteiger partial charge in [-0.2, -0.15) is 0 Å². The number of hydrogen-bond acceptors (Lipinski definition) is 1. The molecule has 1 aromatic rings. The van der Waals surface area contributed by atoms with Gasteiger partial charge in [0.25, 0.3) is 0 Å². The molecular weight excluding hydrogens is 282 g/mol. The van der Waals surface area contributed by atoms with Crippen molar-refractivity contribution in [3.63, 3.8) is 0 Å². The van der Waals surface area contributed by atoms with Gasteiger partial charge in [0.15, 0.2) is 0 Å². The van der Waals surface area contributed by atoms with E-state index in [1.165, 1.54) is 11.1 Å². The zero-order valence-corrected chi connectivity index (χ0v) is 16.2. The highest BCUT2D eigenvalue weighted by Gasteiger charge is 2.33. The molecule has 0 heterocycles. The lowest BCUT2D eigenvalue weighted by atomic mass is 10.00. The van der Waals surface area contributed by atoms with E-state index < -0.39 is 8.07 Å². The van der Waals surface area contributed by atoms with Crippen LogP contribution in [0.3, 0.4) is 0 Å². The van der Waals surface area contributed by atoms with Crippen molar-refractivity contribution < 1.29 is 0 Å². The summed E-state index contributed by atoms with van der Waals surface area (Å²) in [5, 5.41) is 4.03. The van der Waals surface area contributed by atoms with Gasteiger partial charge in [-0.05, 0) is 29.1 Å². The van der Waals surface area contributed by atoms with Crippen molar-refractivity contribution in [3.05, 3.63) is 59.8 Å². The third-order valence-electron chi connectivity index (χ3n) is 4.76. The van der Waals surface area contributed by atoms with Crippen molar-refractivity contribution in [2.75, 3.05) is 6.54 Å². The molecule has 0 saturated carbocycles. The summed E-state index contributed by atoms with van der Waals surface area (Å²) in [5.74, 6) is 0. The molecule has 0 aliphatic carbocycles. The molecule has 2 heteroatoms. The molecule has 22 heavy (non-hydrogen) atoms. The molecule has 0 aliphatic rings. The summed E-state index contributed by atoms with van der Waals surface area (Å²) >= 11 is 0. The zero-order valence-electron chi connectivity index (χ0n) is 15.2. The molecular formula is C20H33NSi. The highest BCUT2D eigenvalue weighted by molar-refractivity contribution is 6.84. The summed E-state index contributed by atoms with van der Waals surface area (Å²) in [7, 11) is -1.50. The van der Waals surface area contributed by atoms with Crippen LogP contribution in [-0.4, -0.2) is 14.6 Å². The summed E-state index contributed by atoms with van der Waals surface area (Å²) in [6.07, 6.45) is 3.18. The van der Waals surface area contributed by atoms with Crippen molar-refractivity contribution in [2.45, 2.75) is 58.3 Å². The summed E-state index contributed by atoms with van der Waals surface area (Å²) in [5.41, 5.74) is 5.17. The van der Waals surface area contributed by atoms with Crippen molar-refractivity contribution in [2.24, 2.45) is 0 Å². The number of hydrogen-bond donors (Lipinski definition) is 1. The van der Waals surface area contributed by atoms with Crippen LogP contribution >= 0.6 is 0 Å². The van der Waals surface area contributed by atoms with Crippen molar-refractivity contribution in [1.82, 2.24) is 5.32 Å². The van der Waals surface area contributed by atoms with E-state index in [1.54, 1.807) is 0 Å². The van der Waals surface area contributed by atoms with Crippen LogP contribution in [0.15, 0.2) is 54.3 Å². The topological polar surface area (TPSA) is 12.0 Å². The number of benzene rings is 1. The fourth-order valence-corrected chi connectivity index (χ4v) is 3.81. The quantitative estimate of drug-likeness (QED) is 0.489. The molecule has 1 atom stereocenters. The maximum absolute atomic E-state index is 4.10. The lowest BCUT2D eigenvalue weighted by molar-refractivity contribution is 0.598. The van der Waals surface area contributed by atoms with Gasteiger partial charge in [-0.25, -0.2) is 0 Å². The maximum Gasteiger partial charge on any atom is 0.0774 e. The van der Waals surface area contributed by atoms with Crippen LogP contribution in [0, 0.1) is 0 Å². The Labute approximate surface area is 138 Å². The zero-order chi connectivity index (χ0) is 16.8. The Morgan fingerprint density at radius 1 is 1.23 bits per heavy atom. The average molecular weight is 316 g/mol. The molecule has 122 valence electrons. The molecule has 0 aliphatic heterocycles. The summed E-state index contributed by atoms with van der Waals surface area (Å²) < 4.78 is 0. The second-order valence-corrected chi connectivity index (χ2v) is 12.9. The van der Waals surface area contributed by atoms with Crippen molar-refractivity contribution in [3.8, 4) is 0 Å². The van der Waals surface area contributed by atoms with Gasteiger partial charge in [0.05, 0.1) is 14.1 Å². The third-order valence-corrected chi connectivity index (χ3v) is 9.68. The highest BCUT2D eigenvalue weighted by Crippen LogP contribution is 2.38. The van der Waals surface area contributed by atoms with E-state index in [1.807, 2.05) is 6.08 Å². The van der Waals surface area contributed by atoms with Crippen molar-refractivity contribution in [1.29, 1.82) is 0 Å². The average Bonchev–Trinajstić information content (AvgIpc) is 2.46. The van der Waals surface area contributed by atoms with Crippen LogP contribution in [0.25, 0.3) is 0 Å². The minimum absolute atomic E-state index is 0.243. The smallest absolute Gasteiger partial charge is 0.0774 e. The summed E-state index contributed by atoms with van der Waals surface area (Å²) in [6.45, 7) is 19.3. The monoisotopic (exact) mass is 315 g/mol. The van der Waals surface area contributed by atoms with Gasteiger partial charge in [0.1, 0.15) is 0 Å². The fourth-order valence-electron chi connectivity index (χ4n) is 2.26. The molecule has 0 bridgehead atoms. The Bertz CT molecular complexity index is 494. The van der Waals surface area contributed by atoms with E-state index >= 15 is 0 Å². The van der Waals surface area contributed by atoms with Gasteiger partial charge < -0.3 is 5.32 Å². The van der Waals surface area contributed by atoms with Crippen LogP contribution < -0.4 is 5.32 Å². The lowest BCUT2D eigenvalue weighted by Crippen LogP contribution is -2.36. The maximum atomic E-state index is 4.10. The standard InChI is InChI=1S/C20H33NSi/c1-8-15-21-19(18-13-11-10-12-14-18)17(9-2)16-22(6,7)20(3,4)5/h9-14,16,19,21H,2,8,15H2,1,3-7H3/b17-16+. The van der Waals surface area contributed by atoms with Gasteiger partial charge in [0, 0.05) is 0 Å². The van der Waals surface area contributed by atoms with Gasteiger partial charge in [-0.15, -0.1) is 0 Å². The molecule has 1 N–H and O–H groups in total. The van der Waals surface area contributed by atoms with Crippen molar-refractivity contribution >= 4 is 8.07 Å².